The molecular formula is C16H11N3O. The summed E-state index contributed by atoms with van der Waals surface area (Å²) in [6.07, 6.45) is 0.614. The van der Waals surface area contributed by atoms with Crippen LogP contribution in [0.15, 0.2) is 53.3 Å². The lowest BCUT2D eigenvalue weighted by atomic mass is 10.0. The number of hydrogen-bond donors (Lipinski definition) is 1. The number of rotatable bonds is 2. The van der Waals surface area contributed by atoms with Crippen molar-refractivity contribution in [2.24, 2.45) is 0 Å². The van der Waals surface area contributed by atoms with Gasteiger partial charge in [0.1, 0.15) is 0 Å². The van der Waals surface area contributed by atoms with E-state index in [1.165, 1.54) is 0 Å². The molecule has 3 aromatic rings. The van der Waals surface area contributed by atoms with E-state index < -0.39 is 0 Å². The smallest absolute Gasteiger partial charge is 0.267 e. The first-order chi connectivity index (χ1) is 9.78. The van der Waals surface area contributed by atoms with Gasteiger partial charge in [0.15, 0.2) is 0 Å². The number of hydrogen-bond acceptors (Lipinski definition) is 3. The maximum Gasteiger partial charge on any atom is 0.272 e. The fraction of sp³-hybridized carbons (Fsp3) is 0.0625. The van der Waals surface area contributed by atoms with E-state index in [4.69, 9.17) is 5.26 Å². The van der Waals surface area contributed by atoms with Crippen molar-refractivity contribution in [2.45, 2.75) is 6.42 Å². The monoisotopic (exact) mass is 261 g/mol. The first-order valence-corrected chi connectivity index (χ1v) is 6.23. The molecule has 1 N–H and O–H groups in total. The number of nitrogens with zero attached hydrogens (tertiary/aromatic N) is 2. The fourth-order valence-electron chi connectivity index (χ4n) is 2.20. The van der Waals surface area contributed by atoms with Crippen LogP contribution >= 0.6 is 0 Å². The van der Waals surface area contributed by atoms with Crippen LogP contribution < -0.4 is 5.56 Å². The van der Waals surface area contributed by atoms with Gasteiger partial charge in [-0.15, -0.1) is 0 Å². The van der Waals surface area contributed by atoms with E-state index in [0.29, 0.717) is 17.4 Å². The van der Waals surface area contributed by atoms with Crippen LogP contribution in [0.5, 0.6) is 0 Å². The highest BCUT2D eigenvalue weighted by Crippen LogP contribution is 2.16. The van der Waals surface area contributed by atoms with Gasteiger partial charge in [0.05, 0.1) is 22.7 Å². The van der Waals surface area contributed by atoms with E-state index in [1.807, 2.05) is 30.3 Å². The van der Waals surface area contributed by atoms with Gasteiger partial charge >= 0.3 is 0 Å². The zero-order valence-corrected chi connectivity index (χ0v) is 10.6. The van der Waals surface area contributed by atoms with Crippen molar-refractivity contribution < 1.29 is 0 Å². The van der Waals surface area contributed by atoms with Crippen LogP contribution in [0.1, 0.15) is 16.8 Å². The van der Waals surface area contributed by atoms with E-state index in [9.17, 15) is 4.79 Å². The van der Waals surface area contributed by atoms with Gasteiger partial charge in [-0.3, -0.25) is 4.79 Å². The summed E-state index contributed by atoms with van der Waals surface area (Å²) in [5.41, 5.74) is 2.33. The van der Waals surface area contributed by atoms with Crippen LogP contribution in [0.2, 0.25) is 0 Å². The standard InChI is InChI=1S/C16H11N3O/c17-10-12-7-5-11(6-8-12)9-15-13-3-1-2-4-14(13)16(20)19-18-15/h1-8H,9H2,(H,19,20). The largest absolute Gasteiger partial charge is 0.272 e. The highest BCUT2D eigenvalue weighted by molar-refractivity contribution is 5.83. The summed E-state index contributed by atoms with van der Waals surface area (Å²) < 4.78 is 0. The van der Waals surface area contributed by atoms with E-state index in [1.54, 1.807) is 18.2 Å². The number of H-pyrrole nitrogens is 1. The van der Waals surface area contributed by atoms with Gasteiger partial charge in [-0.05, 0) is 23.8 Å². The second kappa shape index (κ2) is 4.98. The molecular weight excluding hydrogens is 250 g/mol. The zero-order valence-electron chi connectivity index (χ0n) is 10.6. The molecule has 0 spiro atoms. The summed E-state index contributed by atoms with van der Waals surface area (Å²) in [4.78, 5) is 11.7. The van der Waals surface area contributed by atoms with Crippen molar-refractivity contribution in [1.29, 1.82) is 5.26 Å². The van der Waals surface area contributed by atoms with Gasteiger partial charge in [-0.2, -0.15) is 10.4 Å². The second-order valence-corrected chi connectivity index (χ2v) is 4.53. The van der Waals surface area contributed by atoms with E-state index >= 15 is 0 Å². The molecule has 3 rings (SSSR count). The average Bonchev–Trinajstić information content (AvgIpc) is 2.51. The molecule has 0 saturated heterocycles. The third-order valence-electron chi connectivity index (χ3n) is 3.23. The molecule has 0 unspecified atom stereocenters. The first kappa shape index (κ1) is 12.1. The number of nitrogens with one attached hydrogen (secondary N) is 1. The van der Waals surface area contributed by atoms with Gasteiger partial charge in [0.25, 0.3) is 5.56 Å². The first-order valence-electron chi connectivity index (χ1n) is 6.23. The minimum Gasteiger partial charge on any atom is -0.267 e. The minimum atomic E-state index is -0.177. The Hall–Kier alpha value is -2.93. The maximum atomic E-state index is 11.7. The van der Waals surface area contributed by atoms with E-state index in [0.717, 1.165) is 16.6 Å². The molecule has 0 saturated carbocycles. The lowest BCUT2D eigenvalue weighted by Crippen LogP contribution is -2.11. The van der Waals surface area contributed by atoms with Crippen LogP contribution in [0, 0.1) is 11.3 Å². The summed E-state index contributed by atoms with van der Waals surface area (Å²) in [5.74, 6) is 0. The quantitative estimate of drug-likeness (QED) is 0.770. The normalized spacial score (nSPS) is 10.3. The lowest BCUT2D eigenvalue weighted by molar-refractivity contribution is 0.934. The number of aromatic amines is 1. The number of fused-ring (bicyclic) bond motifs is 1. The Balaban J connectivity index is 2.04. The predicted octanol–water partition coefficient (Wildman–Crippen LogP) is 2.39. The highest BCUT2D eigenvalue weighted by Gasteiger charge is 2.06. The molecule has 0 atom stereocenters. The molecule has 1 heterocycles. The molecule has 4 nitrogen and oxygen atoms in total. The van der Waals surface area contributed by atoms with Crippen LogP contribution in [0.4, 0.5) is 0 Å². The number of nitriles is 1. The van der Waals surface area contributed by atoms with Gasteiger partial charge in [-0.1, -0.05) is 30.3 Å². The fourth-order valence-corrected chi connectivity index (χ4v) is 2.20. The van der Waals surface area contributed by atoms with Gasteiger partial charge in [-0.25, -0.2) is 5.10 Å². The molecule has 1 aromatic heterocycles. The molecule has 0 aliphatic carbocycles. The summed E-state index contributed by atoms with van der Waals surface area (Å²) in [6, 6.07) is 16.9. The van der Waals surface area contributed by atoms with Gasteiger partial charge in [0.2, 0.25) is 0 Å². The number of aromatic nitrogens is 2. The average molecular weight is 261 g/mol. The highest BCUT2D eigenvalue weighted by atomic mass is 16.1. The molecule has 0 aliphatic rings. The Kier molecular flexibility index (Phi) is 3.02. The van der Waals surface area contributed by atoms with E-state index in [2.05, 4.69) is 16.3 Å². The lowest BCUT2D eigenvalue weighted by Gasteiger charge is -2.05. The predicted molar refractivity (Wildman–Crippen MR) is 76.3 cm³/mol. The SMILES string of the molecule is N#Cc1ccc(Cc2n[nH]c(=O)c3ccccc23)cc1. The zero-order chi connectivity index (χ0) is 13.9. The third-order valence-corrected chi connectivity index (χ3v) is 3.23. The van der Waals surface area contributed by atoms with Crippen LogP contribution in [0.3, 0.4) is 0 Å². The van der Waals surface area contributed by atoms with Crippen LogP contribution in [-0.2, 0) is 6.42 Å². The third kappa shape index (κ3) is 2.17. The van der Waals surface area contributed by atoms with Crippen molar-refractivity contribution in [2.75, 3.05) is 0 Å². The Morgan fingerprint density at radius 2 is 1.75 bits per heavy atom. The maximum absolute atomic E-state index is 11.7. The molecule has 96 valence electrons. The summed E-state index contributed by atoms with van der Waals surface area (Å²) in [5, 5.41) is 17.0. The Labute approximate surface area is 115 Å². The molecule has 0 aliphatic heterocycles. The van der Waals surface area contributed by atoms with E-state index in [-0.39, 0.29) is 5.56 Å². The molecule has 0 bridgehead atoms. The molecule has 4 heteroatoms. The van der Waals surface area contributed by atoms with Crippen molar-refractivity contribution in [3.05, 3.63) is 75.7 Å². The summed E-state index contributed by atoms with van der Waals surface area (Å²) in [7, 11) is 0. The van der Waals surface area contributed by atoms with Crippen LogP contribution in [0.25, 0.3) is 10.8 Å². The minimum absolute atomic E-state index is 0.177. The molecule has 2 aromatic carbocycles. The van der Waals surface area contributed by atoms with Crippen molar-refractivity contribution >= 4 is 10.8 Å². The Bertz CT molecular complexity index is 857. The summed E-state index contributed by atoms with van der Waals surface area (Å²) >= 11 is 0. The van der Waals surface area contributed by atoms with Crippen LogP contribution in [-0.4, -0.2) is 10.2 Å². The second-order valence-electron chi connectivity index (χ2n) is 4.53. The molecule has 20 heavy (non-hydrogen) atoms. The van der Waals surface area contributed by atoms with Gasteiger partial charge in [0, 0.05) is 11.8 Å². The molecule has 0 fully saturated rings. The van der Waals surface area contributed by atoms with Crippen molar-refractivity contribution in [1.82, 2.24) is 10.2 Å². The Morgan fingerprint density at radius 1 is 1.05 bits per heavy atom. The van der Waals surface area contributed by atoms with Crippen molar-refractivity contribution in [3.63, 3.8) is 0 Å². The molecule has 0 radical (unpaired) electrons. The molecule has 0 amide bonds. The topological polar surface area (TPSA) is 69.5 Å². The Morgan fingerprint density at radius 3 is 2.45 bits per heavy atom. The van der Waals surface area contributed by atoms with Gasteiger partial charge < -0.3 is 0 Å². The van der Waals surface area contributed by atoms with Crippen molar-refractivity contribution in [3.8, 4) is 6.07 Å². The summed E-state index contributed by atoms with van der Waals surface area (Å²) in [6.45, 7) is 0. The number of benzene rings is 2.